The Morgan fingerprint density at radius 3 is 2.20 bits per heavy atom. The first-order valence-electron chi connectivity index (χ1n) is 14.0. The van der Waals surface area contributed by atoms with Crippen molar-refractivity contribution in [3.8, 4) is 16.8 Å². The van der Waals surface area contributed by atoms with Gasteiger partial charge in [-0.05, 0) is 27.8 Å². The molecule has 0 aliphatic carbocycles. The Labute approximate surface area is 249 Å². The molecule has 1 unspecified atom stereocenters. The van der Waals surface area contributed by atoms with Crippen LogP contribution in [0, 0.1) is 11.6 Å². The standard InChI is InChI=1S/C29H32F5N7O3/c1-15-11-39(6-5-38(15)4)22-8-21(30)24(18-9-36-28(37-10-18)40-12-16(2)44-17(3)13-40)25(31)26(22)41-14-19(27(35)43)20(7-23(41)42)29(32,33)34/h7-10,14-17H,5-6,11-13H2,1-4H3,(H2,35,43)/t15?,16-,17-/m0/s1. The fourth-order valence-electron chi connectivity index (χ4n) is 5.69. The first kappa shape index (κ1) is 31.3. The molecule has 2 aliphatic heterocycles. The zero-order valence-corrected chi connectivity index (χ0v) is 24.5. The van der Waals surface area contributed by atoms with Gasteiger partial charge in [0.15, 0.2) is 5.82 Å². The molecule has 2 fully saturated rings. The molecule has 15 heteroatoms. The van der Waals surface area contributed by atoms with Crippen LogP contribution in [-0.2, 0) is 10.9 Å². The van der Waals surface area contributed by atoms with Gasteiger partial charge in [-0.1, -0.05) is 0 Å². The second kappa shape index (κ2) is 11.8. The molecule has 3 aromatic rings. The van der Waals surface area contributed by atoms with E-state index in [0.717, 1.165) is 6.07 Å². The topological polar surface area (TPSA) is 110 Å². The lowest BCUT2D eigenvalue weighted by Gasteiger charge is -2.40. The van der Waals surface area contributed by atoms with Crippen molar-refractivity contribution >= 4 is 17.5 Å². The molecule has 44 heavy (non-hydrogen) atoms. The van der Waals surface area contributed by atoms with E-state index in [4.69, 9.17) is 10.5 Å². The number of halogens is 5. The molecule has 2 aromatic heterocycles. The zero-order valence-electron chi connectivity index (χ0n) is 24.5. The highest BCUT2D eigenvalue weighted by molar-refractivity contribution is 5.94. The van der Waals surface area contributed by atoms with Crippen LogP contribution < -0.4 is 21.1 Å². The molecule has 0 radical (unpaired) electrons. The fraction of sp³-hybridized carbons (Fsp3) is 0.448. The van der Waals surface area contributed by atoms with E-state index in [0.29, 0.717) is 49.4 Å². The van der Waals surface area contributed by atoms with Crippen molar-refractivity contribution in [2.75, 3.05) is 49.6 Å². The van der Waals surface area contributed by atoms with Crippen molar-refractivity contribution < 1.29 is 31.5 Å². The number of nitrogens with two attached hydrogens (primary N) is 1. The van der Waals surface area contributed by atoms with Crippen molar-refractivity contribution in [3.63, 3.8) is 0 Å². The lowest BCUT2D eigenvalue weighted by molar-refractivity contribution is -0.138. The molecule has 0 spiro atoms. The summed E-state index contributed by atoms with van der Waals surface area (Å²) in [4.78, 5) is 39.4. The first-order valence-corrected chi connectivity index (χ1v) is 14.0. The first-order chi connectivity index (χ1) is 20.6. The molecule has 0 bridgehead atoms. The minimum atomic E-state index is -5.08. The highest BCUT2D eigenvalue weighted by atomic mass is 19.4. The number of carbonyl (C=O) groups is 1. The molecule has 1 amide bonds. The van der Waals surface area contributed by atoms with Crippen LogP contribution in [0.25, 0.3) is 16.8 Å². The number of pyridine rings is 1. The predicted molar refractivity (Wildman–Crippen MR) is 153 cm³/mol. The predicted octanol–water partition coefficient (Wildman–Crippen LogP) is 3.44. The summed E-state index contributed by atoms with van der Waals surface area (Å²) in [5.41, 5.74) is 0.108. The Hall–Kier alpha value is -4.11. The number of piperazine rings is 1. The Kier molecular flexibility index (Phi) is 8.37. The smallest absolute Gasteiger partial charge is 0.372 e. The lowest BCUT2D eigenvalue weighted by Crippen LogP contribution is -2.50. The SMILES string of the molecule is CC1CN(c2cc(F)c(-c3cnc(N4C[C@H](C)O[C@@H](C)C4)nc3)c(F)c2-n2cc(C(N)=O)c(C(F)(F)F)cc2=O)CCN1C. The summed E-state index contributed by atoms with van der Waals surface area (Å²) in [5, 5.41) is 0. The molecular weight excluding hydrogens is 589 g/mol. The number of alkyl halides is 3. The third-order valence-corrected chi connectivity index (χ3v) is 7.97. The molecule has 236 valence electrons. The van der Waals surface area contributed by atoms with Crippen LogP contribution in [0.2, 0.25) is 0 Å². The number of ether oxygens (including phenoxy) is 1. The molecule has 10 nitrogen and oxygen atoms in total. The van der Waals surface area contributed by atoms with Gasteiger partial charge in [0.05, 0.1) is 34.6 Å². The van der Waals surface area contributed by atoms with E-state index in [9.17, 15) is 22.8 Å². The second-order valence-electron chi connectivity index (χ2n) is 11.3. The summed E-state index contributed by atoms with van der Waals surface area (Å²) < 4.78 is 79.8. The number of anilines is 2. The maximum atomic E-state index is 16.6. The number of aromatic nitrogens is 3. The van der Waals surface area contributed by atoms with Crippen LogP contribution in [0.3, 0.4) is 0 Å². The number of rotatable bonds is 5. The Bertz CT molecular complexity index is 1620. The Morgan fingerprint density at radius 2 is 1.64 bits per heavy atom. The van der Waals surface area contributed by atoms with Crippen molar-refractivity contribution in [2.45, 2.75) is 45.2 Å². The van der Waals surface area contributed by atoms with E-state index in [-0.39, 0.29) is 35.6 Å². The van der Waals surface area contributed by atoms with Gasteiger partial charge in [-0.3, -0.25) is 14.2 Å². The van der Waals surface area contributed by atoms with Gasteiger partial charge in [0, 0.05) is 75.1 Å². The van der Waals surface area contributed by atoms with Gasteiger partial charge < -0.3 is 25.2 Å². The molecule has 2 saturated heterocycles. The van der Waals surface area contributed by atoms with E-state index < -0.39 is 51.7 Å². The normalized spacial score (nSPS) is 21.5. The summed E-state index contributed by atoms with van der Waals surface area (Å²) in [5.74, 6) is -3.38. The van der Waals surface area contributed by atoms with Gasteiger partial charge in [0.2, 0.25) is 5.95 Å². The van der Waals surface area contributed by atoms with Crippen LogP contribution in [0.1, 0.15) is 36.7 Å². The van der Waals surface area contributed by atoms with Crippen LogP contribution >= 0.6 is 0 Å². The fourth-order valence-corrected chi connectivity index (χ4v) is 5.69. The summed E-state index contributed by atoms with van der Waals surface area (Å²) in [6, 6.07) is 1.15. The van der Waals surface area contributed by atoms with Gasteiger partial charge in [-0.2, -0.15) is 13.2 Å². The number of hydrogen-bond acceptors (Lipinski definition) is 8. The molecule has 4 heterocycles. The molecule has 2 aliphatic rings. The Morgan fingerprint density at radius 1 is 1.00 bits per heavy atom. The van der Waals surface area contributed by atoms with E-state index in [1.807, 2.05) is 37.6 Å². The molecule has 3 atom stereocenters. The van der Waals surface area contributed by atoms with Crippen LogP contribution in [0.15, 0.2) is 35.5 Å². The molecule has 5 rings (SSSR count). The van der Waals surface area contributed by atoms with Gasteiger partial charge in [-0.15, -0.1) is 0 Å². The van der Waals surface area contributed by atoms with Crippen LogP contribution in [-0.4, -0.2) is 83.4 Å². The molecule has 0 saturated carbocycles. The summed E-state index contributed by atoms with van der Waals surface area (Å²) in [6.07, 6.45) is -2.23. The highest BCUT2D eigenvalue weighted by Gasteiger charge is 2.37. The van der Waals surface area contributed by atoms with E-state index in [2.05, 4.69) is 9.97 Å². The lowest BCUT2D eigenvalue weighted by atomic mass is 10.0. The molecule has 2 N–H and O–H groups in total. The zero-order chi connectivity index (χ0) is 32.1. The quantitative estimate of drug-likeness (QED) is 0.432. The third-order valence-electron chi connectivity index (χ3n) is 7.97. The van der Waals surface area contributed by atoms with Gasteiger partial charge in [0.25, 0.3) is 11.5 Å². The van der Waals surface area contributed by atoms with Crippen LogP contribution in [0.5, 0.6) is 0 Å². The maximum absolute atomic E-state index is 16.6. The summed E-state index contributed by atoms with van der Waals surface area (Å²) >= 11 is 0. The average molecular weight is 622 g/mol. The van der Waals surface area contributed by atoms with Crippen molar-refractivity contribution in [3.05, 3.63) is 63.8 Å². The number of carbonyl (C=O) groups excluding carboxylic acids is 1. The number of primary amides is 1. The summed E-state index contributed by atoms with van der Waals surface area (Å²) in [7, 11) is 1.88. The van der Waals surface area contributed by atoms with Gasteiger partial charge >= 0.3 is 6.18 Å². The van der Waals surface area contributed by atoms with E-state index >= 15 is 8.78 Å². The van der Waals surface area contributed by atoms with Gasteiger partial charge in [0.1, 0.15) is 11.5 Å². The number of likely N-dealkylation sites (N-methyl/N-ethyl adjacent to an activating group) is 1. The number of hydrogen-bond donors (Lipinski definition) is 1. The monoisotopic (exact) mass is 621 g/mol. The highest BCUT2D eigenvalue weighted by Crippen LogP contribution is 2.38. The van der Waals surface area contributed by atoms with E-state index in [1.165, 1.54) is 12.4 Å². The van der Waals surface area contributed by atoms with Crippen molar-refractivity contribution in [2.24, 2.45) is 5.73 Å². The minimum Gasteiger partial charge on any atom is -0.372 e. The largest absolute Gasteiger partial charge is 0.417 e. The number of morpholine rings is 1. The number of nitrogens with zero attached hydrogens (tertiary/aromatic N) is 6. The van der Waals surface area contributed by atoms with E-state index in [1.54, 1.807) is 4.90 Å². The molecule has 1 aromatic carbocycles. The second-order valence-corrected chi connectivity index (χ2v) is 11.3. The summed E-state index contributed by atoms with van der Waals surface area (Å²) in [6.45, 7) is 7.83. The third kappa shape index (κ3) is 5.98. The Balaban J connectivity index is 1.69. The number of benzene rings is 1. The van der Waals surface area contributed by atoms with Crippen molar-refractivity contribution in [1.29, 1.82) is 0 Å². The van der Waals surface area contributed by atoms with Crippen LogP contribution in [0.4, 0.5) is 33.6 Å². The minimum absolute atomic E-state index is 0.0560. The average Bonchev–Trinajstić information content (AvgIpc) is 2.93. The molecular formula is C29H32F5N7O3. The maximum Gasteiger partial charge on any atom is 0.417 e. The van der Waals surface area contributed by atoms with Gasteiger partial charge in [-0.25, -0.2) is 18.7 Å². The number of amides is 1. The van der Waals surface area contributed by atoms with Crippen molar-refractivity contribution in [1.82, 2.24) is 19.4 Å².